The van der Waals surface area contributed by atoms with Crippen molar-refractivity contribution in [1.82, 2.24) is 9.97 Å². The van der Waals surface area contributed by atoms with Crippen LogP contribution in [0.25, 0.3) is 55.6 Å². The lowest BCUT2D eigenvalue weighted by atomic mass is 9.66. The fourth-order valence-corrected chi connectivity index (χ4v) is 9.39. The van der Waals surface area contributed by atoms with Crippen LogP contribution in [0.5, 0.6) is 0 Å². The van der Waals surface area contributed by atoms with Gasteiger partial charge >= 0.3 is 0 Å². The summed E-state index contributed by atoms with van der Waals surface area (Å²) in [7, 11) is 0. The first-order valence-electron chi connectivity index (χ1n) is 17.0. The van der Waals surface area contributed by atoms with E-state index in [0.29, 0.717) is 0 Å². The zero-order chi connectivity index (χ0) is 33.1. The molecule has 1 aliphatic heterocycles. The van der Waals surface area contributed by atoms with Gasteiger partial charge in [0.25, 0.3) is 0 Å². The highest BCUT2D eigenvalue weighted by molar-refractivity contribution is 7.99. The number of aromatic nitrogens is 2. The molecule has 234 valence electrons. The van der Waals surface area contributed by atoms with Gasteiger partial charge < -0.3 is 0 Å². The van der Waals surface area contributed by atoms with Gasteiger partial charge in [-0.15, -0.1) is 0 Å². The van der Waals surface area contributed by atoms with Crippen molar-refractivity contribution in [3.05, 3.63) is 205 Å². The zero-order valence-electron chi connectivity index (χ0n) is 27.1. The Morgan fingerprint density at radius 1 is 0.400 bits per heavy atom. The van der Waals surface area contributed by atoms with Crippen molar-refractivity contribution >= 4 is 11.8 Å². The topological polar surface area (TPSA) is 25.8 Å². The molecular weight excluding hydrogens is 625 g/mol. The van der Waals surface area contributed by atoms with Crippen molar-refractivity contribution in [1.29, 1.82) is 0 Å². The summed E-state index contributed by atoms with van der Waals surface area (Å²) in [6.07, 6.45) is 5.51. The van der Waals surface area contributed by atoms with Gasteiger partial charge in [-0.1, -0.05) is 151 Å². The van der Waals surface area contributed by atoms with Gasteiger partial charge in [0.05, 0.1) is 11.1 Å². The first-order chi connectivity index (χ1) is 24.8. The molecule has 0 amide bonds. The van der Waals surface area contributed by atoms with Gasteiger partial charge in [0.2, 0.25) is 0 Å². The largest absolute Gasteiger partial charge is 0.261 e. The fraction of sp³-hybridized carbons (Fsp3) is 0.0213. The second-order valence-electron chi connectivity index (χ2n) is 12.9. The van der Waals surface area contributed by atoms with Crippen molar-refractivity contribution in [3.8, 4) is 55.6 Å². The van der Waals surface area contributed by atoms with Gasteiger partial charge in [-0.05, 0) is 96.6 Å². The van der Waals surface area contributed by atoms with Gasteiger partial charge in [-0.25, -0.2) is 0 Å². The van der Waals surface area contributed by atoms with Crippen LogP contribution in [0, 0.1) is 0 Å². The highest BCUT2D eigenvalue weighted by atomic mass is 32.2. The van der Waals surface area contributed by atoms with Crippen molar-refractivity contribution < 1.29 is 0 Å². The van der Waals surface area contributed by atoms with E-state index < -0.39 is 5.41 Å². The zero-order valence-corrected chi connectivity index (χ0v) is 27.9. The van der Waals surface area contributed by atoms with Gasteiger partial charge in [0, 0.05) is 28.4 Å². The molecule has 2 aliphatic rings. The van der Waals surface area contributed by atoms with Crippen LogP contribution < -0.4 is 0 Å². The standard InChI is InChI=1S/C47H30N2S/c1-2-15-35-34(14-1)36-16-3-4-18-38(36)40-25-24-32(29-41(40)39-19-6-5-17-37(35)39)31-12-11-13-33(28-31)47(46-30-48-26-27-49-46)42-20-7-9-22-44(42)50-45-23-10-8-21-43(45)47/h1-30H. The van der Waals surface area contributed by atoms with E-state index >= 15 is 0 Å². The Morgan fingerprint density at radius 3 is 1.46 bits per heavy atom. The minimum absolute atomic E-state index is 0.637. The molecule has 0 saturated heterocycles. The molecule has 3 heteroatoms. The molecule has 7 aromatic carbocycles. The maximum atomic E-state index is 5.02. The fourth-order valence-electron chi connectivity index (χ4n) is 8.19. The van der Waals surface area contributed by atoms with E-state index in [-0.39, 0.29) is 0 Å². The molecule has 2 nitrogen and oxygen atoms in total. The Morgan fingerprint density at radius 2 is 0.900 bits per heavy atom. The van der Waals surface area contributed by atoms with E-state index in [1.54, 1.807) is 6.20 Å². The molecule has 0 radical (unpaired) electrons. The Bertz CT molecular complexity index is 2540. The van der Waals surface area contributed by atoms with E-state index in [9.17, 15) is 0 Å². The van der Waals surface area contributed by atoms with Crippen molar-refractivity contribution in [3.63, 3.8) is 0 Å². The first-order valence-corrected chi connectivity index (χ1v) is 17.8. The van der Waals surface area contributed by atoms with Crippen LogP contribution in [-0.2, 0) is 5.41 Å². The van der Waals surface area contributed by atoms with Crippen LogP contribution in [-0.4, -0.2) is 9.97 Å². The molecule has 10 rings (SSSR count). The van der Waals surface area contributed by atoms with Crippen molar-refractivity contribution in [2.24, 2.45) is 0 Å². The summed E-state index contributed by atoms with van der Waals surface area (Å²) in [4.78, 5) is 12.1. The predicted molar refractivity (Wildman–Crippen MR) is 205 cm³/mol. The molecule has 0 N–H and O–H groups in total. The van der Waals surface area contributed by atoms with E-state index in [1.165, 1.54) is 76.6 Å². The quantitative estimate of drug-likeness (QED) is 0.190. The minimum Gasteiger partial charge on any atom is -0.261 e. The number of hydrogen-bond acceptors (Lipinski definition) is 3. The molecule has 50 heavy (non-hydrogen) atoms. The normalized spacial score (nSPS) is 13.3. The summed E-state index contributed by atoms with van der Waals surface area (Å²) in [5, 5.41) is 0. The molecule has 0 atom stereocenters. The van der Waals surface area contributed by atoms with Crippen molar-refractivity contribution in [2.45, 2.75) is 15.2 Å². The van der Waals surface area contributed by atoms with Crippen LogP contribution in [0.4, 0.5) is 0 Å². The van der Waals surface area contributed by atoms with Crippen LogP contribution in [0.3, 0.4) is 0 Å². The molecule has 1 aliphatic carbocycles. The molecule has 1 aromatic heterocycles. The third-order valence-corrected chi connectivity index (χ3v) is 11.5. The second-order valence-corrected chi connectivity index (χ2v) is 14.0. The lowest BCUT2D eigenvalue weighted by Gasteiger charge is -2.40. The van der Waals surface area contributed by atoms with E-state index in [2.05, 4.69) is 169 Å². The summed E-state index contributed by atoms with van der Waals surface area (Å²) in [5.41, 5.74) is 16.2. The number of hydrogen-bond donors (Lipinski definition) is 0. The lowest BCUT2D eigenvalue weighted by molar-refractivity contribution is 0.672. The van der Waals surface area contributed by atoms with Crippen LogP contribution in [0.1, 0.15) is 22.4 Å². The lowest BCUT2D eigenvalue weighted by Crippen LogP contribution is -2.35. The molecule has 0 unspecified atom stereocenters. The monoisotopic (exact) mass is 654 g/mol. The molecule has 0 fully saturated rings. The summed E-state index contributed by atoms with van der Waals surface area (Å²) >= 11 is 1.83. The molecular formula is C47H30N2S. The van der Waals surface area contributed by atoms with E-state index in [0.717, 1.165) is 11.3 Å². The maximum Gasteiger partial charge on any atom is 0.0911 e. The van der Waals surface area contributed by atoms with Gasteiger partial charge in [0.15, 0.2) is 0 Å². The number of fused-ring (bicyclic) bond motifs is 10. The molecule has 0 spiro atoms. The smallest absolute Gasteiger partial charge is 0.0911 e. The molecule has 8 aromatic rings. The minimum atomic E-state index is -0.637. The molecule has 0 bridgehead atoms. The van der Waals surface area contributed by atoms with Crippen LogP contribution in [0.15, 0.2) is 192 Å². The maximum absolute atomic E-state index is 5.02. The SMILES string of the molecule is c1cc(-c2ccc3c(c2)-c2ccccc2-c2ccccc2-c2ccccc2-3)cc(C2(c3cnccn3)c3ccccc3Sc3ccccc32)c1. The average molecular weight is 655 g/mol. The number of benzene rings is 7. The average Bonchev–Trinajstić information content (AvgIpc) is 3.19. The Balaban J connectivity index is 1.22. The highest BCUT2D eigenvalue weighted by Gasteiger charge is 2.45. The van der Waals surface area contributed by atoms with E-state index in [4.69, 9.17) is 4.98 Å². The van der Waals surface area contributed by atoms with Gasteiger partial charge in [-0.3, -0.25) is 9.97 Å². The van der Waals surface area contributed by atoms with Crippen molar-refractivity contribution in [2.75, 3.05) is 0 Å². The Kier molecular flexibility index (Phi) is 6.68. The number of nitrogens with zero attached hydrogens (tertiary/aromatic N) is 2. The Labute approximate surface area is 296 Å². The van der Waals surface area contributed by atoms with Gasteiger partial charge in [0.1, 0.15) is 0 Å². The second kappa shape index (κ2) is 11.5. The summed E-state index contributed by atoms with van der Waals surface area (Å²) in [6, 6.07) is 60.1. The van der Waals surface area contributed by atoms with Crippen LogP contribution in [0.2, 0.25) is 0 Å². The predicted octanol–water partition coefficient (Wildman–Crippen LogP) is 12.0. The van der Waals surface area contributed by atoms with E-state index in [1.807, 2.05) is 24.2 Å². The summed E-state index contributed by atoms with van der Waals surface area (Å²) < 4.78 is 0. The first kappa shape index (κ1) is 28.9. The summed E-state index contributed by atoms with van der Waals surface area (Å²) in [5.74, 6) is 0. The summed E-state index contributed by atoms with van der Waals surface area (Å²) in [6.45, 7) is 0. The van der Waals surface area contributed by atoms with Crippen LogP contribution >= 0.6 is 11.8 Å². The molecule has 0 saturated carbocycles. The Hall–Kier alpha value is -6.03. The third-order valence-electron chi connectivity index (χ3n) is 10.3. The third kappa shape index (κ3) is 4.30. The molecule has 2 heterocycles. The van der Waals surface area contributed by atoms with Gasteiger partial charge in [-0.2, -0.15) is 0 Å². The number of rotatable bonds is 3. The highest BCUT2D eigenvalue weighted by Crippen LogP contribution is 2.55.